The third-order valence-corrected chi connectivity index (χ3v) is 7.34. The Balaban J connectivity index is 2.13. The Morgan fingerprint density at radius 2 is 1.38 bits per heavy atom. The van der Waals surface area contributed by atoms with Gasteiger partial charge in [-0.25, -0.2) is 0 Å². The first-order chi connectivity index (χ1) is 16.6. The summed E-state index contributed by atoms with van der Waals surface area (Å²) < 4.78 is 11.9. The molecule has 1 heterocycles. The van der Waals surface area contributed by atoms with Gasteiger partial charge in [0.25, 0.3) is 0 Å². The molecule has 0 aliphatic carbocycles. The molecule has 0 bridgehead atoms. The molecule has 5 nitrogen and oxygen atoms in total. The summed E-state index contributed by atoms with van der Waals surface area (Å²) >= 11 is 0. The topological polar surface area (TPSA) is 76.0 Å². The quantitative estimate of drug-likeness (QED) is 0.144. The highest BCUT2D eigenvalue weighted by molar-refractivity contribution is 5.70. The monoisotopic (exact) mass is 484 g/mol. The van der Waals surface area contributed by atoms with Gasteiger partial charge in [-0.1, -0.05) is 110 Å². The zero-order chi connectivity index (χ0) is 24.9. The van der Waals surface area contributed by atoms with Crippen LogP contribution in [-0.2, 0) is 14.3 Å². The van der Waals surface area contributed by atoms with Crippen molar-refractivity contribution < 1.29 is 24.5 Å². The first-order valence-corrected chi connectivity index (χ1v) is 14.8. The number of carboxylic acid groups (broad SMARTS) is 1. The molecule has 0 aromatic heterocycles. The molecule has 0 spiro atoms. The minimum atomic E-state index is -0.922. The second kappa shape index (κ2) is 21.6. The summed E-state index contributed by atoms with van der Waals surface area (Å²) in [4.78, 5) is 11.4. The number of carboxylic acids is 1. The van der Waals surface area contributed by atoms with Gasteiger partial charge in [0, 0.05) is 13.0 Å². The van der Waals surface area contributed by atoms with Crippen LogP contribution in [0.15, 0.2) is 0 Å². The molecule has 1 unspecified atom stereocenters. The van der Waals surface area contributed by atoms with Crippen molar-refractivity contribution in [1.29, 1.82) is 0 Å². The molecular weight excluding hydrogens is 428 g/mol. The summed E-state index contributed by atoms with van der Waals surface area (Å²) in [7, 11) is 0. The van der Waals surface area contributed by atoms with Crippen molar-refractivity contribution in [3.8, 4) is 0 Å². The van der Waals surface area contributed by atoms with E-state index in [4.69, 9.17) is 9.47 Å². The van der Waals surface area contributed by atoms with Crippen molar-refractivity contribution in [2.45, 2.75) is 167 Å². The SMILES string of the molecule is CCCCCCCCCCCCCCCCC[C@@H](C[C@H](O)[C@H](CC)C(=O)O)OC1CCCCO1. The number of rotatable bonds is 23. The van der Waals surface area contributed by atoms with E-state index in [0.29, 0.717) is 12.8 Å². The van der Waals surface area contributed by atoms with Gasteiger partial charge in [0.1, 0.15) is 0 Å². The van der Waals surface area contributed by atoms with Crippen LogP contribution in [0.3, 0.4) is 0 Å². The predicted octanol–water partition coefficient (Wildman–Crippen LogP) is 8.02. The van der Waals surface area contributed by atoms with Crippen LogP contribution in [0.2, 0.25) is 0 Å². The molecule has 1 saturated heterocycles. The van der Waals surface area contributed by atoms with E-state index in [-0.39, 0.29) is 12.4 Å². The zero-order valence-electron chi connectivity index (χ0n) is 22.5. The third kappa shape index (κ3) is 16.1. The van der Waals surface area contributed by atoms with Gasteiger partial charge in [-0.3, -0.25) is 4.79 Å². The molecule has 0 amide bonds. The van der Waals surface area contributed by atoms with Crippen molar-refractivity contribution in [2.24, 2.45) is 5.92 Å². The molecule has 1 aliphatic heterocycles. The molecule has 1 rings (SSSR count). The van der Waals surface area contributed by atoms with Crippen molar-refractivity contribution in [2.75, 3.05) is 6.61 Å². The summed E-state index contributed by atoms with van der Waals surface area (Å²) in [6.45, 7) is 4.82. The molecule has 0 aromatic carbocycles. The van der Waals surface area contributed by atoms with Gasteiger partial charge in [0.15, 0.2) is 6.29 Å². The van der Waals surface area contributed by atoms with Gasteiger partial charge >= 0.3 is 5.97 Å². The fraction of sp³-hybridized carbons (Fsp3) is 0.966. The first-order valence-electron chi connectivity index (χ1n) is 14.8. The van der Waals surface area contributed by atoms with Crippen LogP contribution in [0.5, 0.6) is 0 Å². The van der Waals surface area contributed by atoms with E-state index in [1.165, 1.54) is 89.9 Å². The van der Waals surface area contributed by atoms with Crippen LogP contribution in [0.1, 0.15) is 149 Å². The number of hydrogen-bond acceptors (Lipinski definition) is 4. The van der Waals surface area contributed by atoms with Crippen LogP contribution < -0.4 is 0 Å². The Morgan fingerprint density at radius 1 is 0.853 bits per heavy atom. The van der Waals surface area contributed by atoms with Gasteiger partial charge in [0.2, 0.25) is 0 Å². The fourth-order valence-corrected chi connectivity index (χ4v) is 5.06. The highest BCUT2D eigenvalue weighted by Crippen LogP contribution is 2.24. The standard InChI is InChI=1S/C29H56O5/c1-3-5-6-7-8-9-10-11-12-13-14-15-16-17-18-21-25(34-28-22-19-20-23-33-28)24-27(30)26(4-2)29(31)32/h25-28,30H,3-24H2,1-2H3,(H,31,32)/t25-,26-,27-,28?/m0/s1. The molecule has 0 aromatic rings. The van der Waals surface area contributed by atoms with E-state index in [9.17, 15) is 15.0 Å². The maximum absolute atomic E-state index is 11.4. The van der Waals surface area contributed by atoms with E-state index < -0.39 is 18.0 Å². The van der Waals surface area contributed by atoms with E-state index in [2.05, 4.69) is 6.92 Å². The normalized spacial score (nSPS) is 19.1. The van der Waals surface area contributed by atoms with Crippen LogP contribution in [0.4, 0.5) is 0 Å². The van der Waals surface area contributed by atoms with Crippen LogP contribution in [-0.4, -0.2) is 41.3 Å². The maximum Gasteiger partial charge on any atom is 0.309 e. The lowest BCUT2D eigenvalue weighted by Crippen LogP contribution is -2.35. The minimum absolute atomic E-state index is 0.131. The number of ether oxygens (including phenoxy) is 2. The van der Waals surface area contributed by atoms with Crippen LogP contribution >= 0.6 is 0 Å². The van der Waals surface area contributed by atoms with Gasteiger partial charge in [-0.15, -0.1) is 0 Å². The van der Waals surface area contributed by atoms with E-state index in [1.807, 2.05) is 6.92 Å². The minimum Gasteiger partial charge on any atom is -0.481 e. The molecule has 4 atom stereocenters. The van der Waals surface area contributed by atoms with Gasteiger partial charge in [-0.2, -0.15) is 0 Å². The molecule has 5 heteroatoms. The maximum atomic E-state index is 11.4. The molecule has 1 fully saturated rings. The number of carbonyl (C=O) groups is 1. The average Bonchev–Trinajstić information content (AvgIpc) is 2.82. The number of unbranched alkanes of at least 4 members (excludes halogenated alkanes) is 14. The summed E-state index contributed by atoms with van der Waals surface area (Å²) in [5.41, 5.74) is 0. The van der Waals surface area contributed by atoms with Crippen molar-refractivity contribution in [3.05, 3.63) is 0 Å². The van der Waals surface area contributed by atoms with E-state index in [1.54, 1.807) is 0 Å². The highest BCUT2D eigenvalue weighted by Gasteiger charge is 2.29. The molecule has 202 valence electrons. The summed E-state index contributed by atoms with van der Waals surface area (Å²) in [5, 5.41) is 19.9. The Bertz CT molecular complexity index is 463. The Morgan fingerprint density at radius 3 is 1.82 bits per heavy atom. The molecule has 0 saturated carbocycles. The van der Waals surface area contributed by atoms with Crippen molar-refractivity contribution >= 4 is 5.97 Å². The van der Waals surface area contributed by atoms with Gasteiger partial charge < -0.3 is 19.7 Å². The third-order valence-electron chi connectivity index (χ3n) is 7.34. The summed E-state index contributed by atoms with van der Waals surface area (Å²) in [6.07, 6.45) is 23.6. The molecule has 0 radical (unpaired) electrons. The smallest absolute Gasteiger partial charge is 0.309 e. The van der Waals surface area contributed by atoms with Crippen molar-refractivity contribution in [3.63, 3.8) is 0 Å². The summed E-state index contributed by atoms with van der Waals surface area (Å²) in [6, 6.07) is 0. The van der Waals surface area contributed by atoms with Gasteiger partial charge in [-0.05, 0) is 32.1 Å². The van der Waals surface area contributed by atoms with Crippen LogP contribution in [0, 0.1) is 5.92 Å². The lowest BCUT2D eigenvalue weighted by Gasteiger charge is -2.30. The van der Waals surface area contributed by atoms with Crippen LogP contribution in [0.25, 0.3) is 0 Å². The average molecular weight is 485 g/mol. The number of aliphatic carboxylic acids is 1. The van der Waals surface area contributed by atoms with Gasteiger partial charge in [0.05, 0.1) is 18.1 Å². The summed E-state index contributed by atoms with van der Waals surface area (Å²) in [5.74, 6) is -1.64. The molecule has 34 heavy (non-hydrogen) atoms. The molecule has 2 N–H and O–H groups in total. The Hall–Kier alpha value is -0.650. The Labute approximate surface area is 210 Å². The second-order valence-corrected chi connectivity index (χ2v) is 10.4. The fourth-order valence-electron chi connectivity index (χ4n) is 5.06. The molecular formula is C29H56O5. The van der Waals surface area contributed by atoms with Crippen molar-refractivity contribution in [1.82, 2.24) is 0 Å². The predicted molar refractivity (Wildman–Crippen MR) is 140 cm³/mol. The number of aliphatic hydroxyl groups is 1. The first kappa shape index (κ1) is 31.4. The number of aliphatic hydroxyl groups excluding tert-OH is 1. The molecule has 1 aliphatic rings. The lowest BCUT2D eigenvalue weighted by molar-refractivity contribution is -0.196. The lowest BCUT2D eigenvalue weighted by atomic mass is 9.93. The Kier molecular flexibility index (Phi) is 20.0. The highest BCUT2D eigenvalue weighted by atomic mass is 16.7. The van der Waals surface area contributed by atoms with E-state index in [0.717, 1.165) is 38.7 Å². The largest absolute Gasteiger partial charge is 0.481 e. The zero-order valence-corrected chi connectivity index (χ0v) is 22.5. The van der Waals surface area contributed by atoms with E-state index >= 15 is 0 Å². The number of hydrogen-bond donors (Lipinski definition) is 2. The second-order valence-electron chi connectivity index (χ2n) is 10.4.